The van der Waals surface area contributed by atoms with Crippen LogP contribution in [0.25, 0.3) is 0 Å². The third-order valence-corrected chi connectivity index (χ3v) is 4.68. The molecule has 0 aromatic heterocycles. The van der Waals surface area contributed by atoms with Crippen molar-refractivity contribution in [2.75, 3.05) is 23.9 Å². The van der Waals surface area contributed by atoms with E-state index in [-0.39, 0.29) is 17.5 Å². The summed E-state index contributed by atoms with van der Waals surface area (Å²) in [6.45, 7) is 0. The molecule has 0 saturated carbocycles. The Bertz CT molecular complexity index is 554. The number of ether oxygens (including phenoxy) is 1. The first-order valence-corrected chi connectivity index (χ1v) is 7.73. The highest BCUT2D eigenvalue weighted by Gasteiger charge is 2.28. The molecule has 0 aliphatic carbocycles. The molecule has 19 heavy (non-hydrogen) atoms. The number of hydrogen-bond donors (Lipinski definition) is 2. The third-order valence-electron chi connectivity index (χ3n) is 2.92. The highest BCUT2D eigenvalue weighted by Crippen LogP contribution is 2.15. The minimum Gasteiger partial charge on any atom is -0.497 e. The van der Waals surface area contributed by atoms with Crippen LogP contribution < -0.4 is 15.4 Å². The van der Waals surface area contributed by atoms with Gasteiger partial charge >= 0.3 is 6.03 Å². The number of benzene rings is 1. The van der Waals surface area contributed by atoms with Crippen molar-refractivity contribution in [2.24, 2.45) is 0 Å². The lowest BCUT2D eigenvalue weighted by atomic mass is 10.3. The molecule has 2 N–H and O–H groups in total. The SMILES string of the molecule is COc1ccc(NC(=O)N[C@H]2CCS(=O)(=O)C2)cc1. The number of rotatable bonds is 3. The molecule has 1 heterocycles. The first-order chi connectivity index (χ1) is 8.98. The number of sulfone groups is 1. The van der Waals surface area contributed by atoms with Gasteiger partial charge in [0.05, 0.1) is 18.6 Å². The largest absolute Gasteiger partial charge is 0.497 e. The Labute approximate surface area is 112 Å². The van der Waals surface area contributed by atoms with Crippen LogP contribution in [0.3, 0.4) is 0 Å². The third kappa shape index (κ3) is 3.85. The van der Waals surface area contributed by atoms with E-state index in [1.165, 1.54) is 0 Å². The summed E-state index contributed by atoms with van der Waals surface area (Å²) in [5.41, 5.74) is 0.624. The van der Waals surface area contributed by atoms with Crippen molar-refractivity contribution in [2.45, 2.75) is 12.5 Å². The van der Waals surface area contributed by atoms with Crippen LogP contribution in [0.2, 0.25) is 0 Å². The van der Waals surface area contributed by atoms with Crippen molar-refractivity contribution in [1.82, 2.24) is 5.32 Å². The normalized spacial score (nSPS) is 20.8. The second-order valence-corrected chi connectivity index (χ2v) is 6.66. The molecule has 2 amide bonds. The van der Waals surface area contributed by atoms with Crippen LogP contribution in [0.5, 0.6) is 5.75 Å². The summed E-state index contributed by atoms with van der Waals surface area (Å²) in [7, 11) is -1.42. The summed E-state index contributed by atoms with van der Waals surface area (Å²) >= 11 is 0. The lowest BCUT2D eigenvalue weighted by Crippen LogP contribution is -2.38. The fourth-order valence-electron chi connectivity index (χ4n) is 1.94. The first kappa shape index (κ1) is 13.7. The van der Waals surface area contributed by atoms with Crippen molar-refractivity contribution in [3.05, 3.63) is 24.3 Å². The van der Waals surface area contributed by atoms with E-state index in [9.17, 15) is 13.2 Å². The maximum atomic E-state index is 11.7. The van der Waals surface area contributed by atoms with Gasteiger partial charge in [0.2, 0.25) is 0 Å². The molecular weight excluding hydrogens is 268 g/mol. The van der Waals surface area contributed by atoms with Gasteiger partial charge in [0.15, 0.2) is 9.84 Å². The molecule has 1 aliphatic heterocycles. The maximum Gasteiger partial charge on any atom is 0.319 e. The Morgan fingerprint density at radius 2 is 2.00 bits per heavy atom. The van der Waals surface area contributed by atoms with E-state index in [1.807, 2.05) is 0 Å². The number of nitrogens with one attached hydrogen (secondary N) is 2. The van der Waals surface area contributed by atoms with Gasteiger partial charge in [-0.3, -0.25) is 0 Å². The molecule has 6 nitrogen and oxygen atoms in total. The molecule has 0 spiro atoms. The van der Waals surface area contributed by atoms with E-state index in [0.717, 1.165) is 0 Å². The molecule has 1 aromatic rings. The summed E-state index contributed by atoms with van der Waals surface area (Å²) in [5, 5.41) is 5.30. The lowest BCUT2D eigenvalue weighted by Gasteiger charge is -2.12. The molecule has 7 heteroatoms. The van der Waals surface area contributed by atoms with E-state index < -0.39 is 15.9 Å². The van der Waals surface area contributed by atoms with Gasteiger partial charge in [-0.1, -0.05) is 0 Å². The smallest absolute Gasteiger partial charge is 0.319 e. The monoisotopic (exact) mass is 284 g/mol. The van der Waals surface area contributed by atoms with E-state index in [2.05, 4.69) is 10.6 Å². The van der Waals surface area contributed by atoms with Crippen LogP contribution in [0.15, 0.2) is 24.3 Å². The van der Waals surface area contributed by atoms with Crippen LogP contribution in [-0.2, 0) is 9.84 Å². The molecule has 0 bridgehead atoms. The number of hydrogen-bond acceptors (Lipinski definition) is 4. The summed E-state index contributed by atoms with van der Waals surface area (Å²) in [6, 6.07) is 6.19. The van der Waals surface area contributed by atoms with Crippen molar-refractivity contribution < 1.29 is 17.9 Å². The van der Waals surface area contributed by atoms with Gasteiger partial charge in [0.25, 0.3) is 0 Å². The van der Waals surface area contributed by atoms with Crippen molar-refractivity contribution >= 4 is 21.6 Å². The number of anilines is 1. The molecule has 2 rings (SSSR count). The Hall–Kier alpha value is -1.76. The molecular formula is C12H16N2O4S. The van der Waals surface area contributed by atoms with E-state index in [4.69, 9.17) is 4.74 Å². The minimum absolute atomic E-state index is 0.0169. The second kappa shape index (κ2) is 5.48. The van der Waals surface area contributed by atoms with Crippen LogP contribution in [-0.4, -0.2) is 39.1 Å². The Morgan fingerprint density at radius 1 is 1.32 bits per heavy atom. The fraction of sp³-hybridized carbons (Fsp3) is 0.417. The molecule has 1 saturated heterocycles. The predicted molar refractivity (Wildman–Crippen MR) is 72.2 cm³/mol. The van der Waals surface area contributed by atoms with Gasteiger partial charge in [-0.15, -0.1) is 0 Å². The number of carbonyl (C=O) groups excluding carboxylic acids is 1. The number of carbonyl (C=O) groups is 1. The minimum atomic E-state index is -2.98. The van der Waals surface area contributed by atoms with Gasteiger partial charge in [-0.2, -0.15) is 0 Å². The highest BCUT2D eigenvalue weighted by molar-refractivity contribution is 7.91. The summed E-state index contributed by atoms with van der Waals surface area (Å²) in [6.07, 6.45) is 0.471. The standard InChI is InChI=1S/C12H16N2O4S/c1-18-11-4-2-9(3-5-11)13-12(15)14-10-6-7-19(16,17)8-10/h2-5,10H,6-8H2,1H3,(H2,13,14,15)/t10-/m0/s1. The lowest BCUT2D eigenvalue weighted by molar-refractivity contribution is 0.249. The average molecular weight is 284 g/mol. The number of methoxy groups -OCH3 is 1. The van der Waals surface area contributed by atoms with E-state index in [0.29, 0.717) is 17.9 Å². The predicted octanol–water partition coefficient (Wildman–Crippen LogP) is 1.00. The molecule has 0 radical (unpaired) electrons. The van der Waals surface area contributed by atoms with Gasteiger partial charge in [0, 0.05) is 11.7 Å². The van der Waals surface area contributed by atoms with Gasteiger partial charge < -0.3 is 15.4 Å². The first-order valence-electron chi connectivity index (χ1n) is 5.90. The second-order valence-electron chi connectivity index (χ2n) is 4.43. The molecule has 1 aromatic carbocycles. The zero-order chi connectivity index (χ0) is 13.9. The quantitative estimate of drug-likeness (QED) is 0.867. The zero-order valence-electron chi connectivity index (χ0n) is 10.5. The van der Waals surface area contributed by atoms with Crippen LogP contribution in [0, 0.1) is 0 Å². The number of amides is 2. The van der Waals surface area contributed by atoms with E-state index >= 15 is 0 Å². The topological polar surface area (TPSA) is 84.5 Å². The van der Waals surface area contributed by atoms with Gasteiger partial charge in [-0.25, -0.2) is 13.2 Å². The van der Waals surface area contributed by atoms with E-state index in [1.54, 1.807) is 31.4 Å². The van der Waals surface area contributed by atoms with Gasteiger partial charge in [-0.05, 0) is 30.7 Å². The Kier molecular flexibility index (Phi) is 3.94. The Morgan fingerprint density at radius 3 is 2.53 bits per heavy atom. The zero-order valence-corrected chi connectivity index (χ0v) is 11.4. The summed E-state index contributed by atoms with van der Waals surface area (Å²) in [4.78, 5) is 11.7. The van der Waals surface area contributed by atoms with Crippen LogP contribution in [0.4, 0.5) is 10.5 Å². The number of urea groups is 1. The molecule has 0 unspecified atom stereocenters. The van der Waals surface area contributed by atoms with Crippen LogP contribution >= 0.6 is 0 Å². The highest BCUT2D eigenvalue weighted by atomic mass is 32.2. The molecule has 104 valence electrons. The van der Waals surface area contributed by atoms with Crippen molar-refractivity contribution in [3.8, 4) is 5.75 Å². The maximum absolute atomic E-state index is 11.7. The van der Waals surface area contributed by atoms with Crippen molar-refractivity contribution in [1.29, 1.82) is 0 Å². The van der Waals surface area contributed by atoms with Gasteiger partial charge in [0.1, 0.15) is 5.75 Å². The molecule has 1 atom stereocenters. The average Bonchev–Trinajstić information content (AvgIpc) is 2.69. The summed E-state index contributed by atoms with van der Waals surface area (Å²) < 4.78 is 27.5. The fourth-order valence-corrected chi connectivity index (χ4v) is 3.61. The Balaban J connectivity index is 1.87. The molecule has 1 aliphatic rings. The van der Waals surface area contributed by atoms with Crippen LogP contribution in [0.1, 0.15) is 6.42 Å². The summed E-state index contributed by atoms with van der Waals surface area (Å²) in [5.74, 6) is 0.858. The molecule has 1 fully saturated rings. The van der Waals surface area contributed by atoms with Crippen molar-refractivity contribution in [3.63, 3.8) is 0 Å².